The van der Waals surface area contributed by atoms with Crippen molar-refractivity contribution in [3.8, 4) is 5.75 Å². The number of nitrogens with zero attached hydrogens (tertiary/aromatic N) is 2. The number of piperidine rings is 1. The number of hydrogen-bond donors (Lipinski definition) is 2. The Bertz CT molecular complexity index is 689. The lowest BCUT2D eigenvalue weighted by atomic mass is 9.92. The van der Waals surface area contributed by atoms with Crippen molar-refractivity contribution in [2.75, 3.05) is 11.9 Å². The van der Waals surface area contributed by atoms with Crippen molar-refractivity contribution in [1.82, 2.24) is 15.5 Å². The highest BCUT2D eigenvalue weighted by Crippen LogP contribution is 2.21. The maximum absolute atomic E-state index is 12.3. The third kappa shape index (κ3) is 5.44. The Hall–Kier alpha value is -2.12. The lowest BCUT2D eigenvalue weighted by Gasteiger charge is -2.27. The topological polar surface area (TPSA) is 89.3 Å². The van der Waals surface area contributed by atoms with Gasteiger partial charge in [0, 0.05) is 24.6 Å². The molecule has 2 heterocycles. The molecular weight excluding hydrogens is 344 g/mol. The highest BCUT2D eigenvalue weighted by Gasteiger charge is 2.24. The predicted molar refractivity (Wildman–Crippen MR) is 95.9 cm³/mol. The van der Waals surface area contributed by atoms with Gasteiger partial charge in [0.1, 0.15) is 5.75 Å². The molecule has 1 aromatic heterocycles. The first-order valence-corrected chi connectivity index (χ1v) is 8.16. The van der Waals surface area contributed by atoms with E-state index in [-0.39, 0.29) is 30.8 Å². The third-order valence-corrected chi connectivity index (χ3v) is 4.05. The van der Waals surface area contributed by atoms with Crippen LogP contribution in [-0.2, 0) is 11.4 Å². The highest BCUT2D eigenvalue weighted by molar-refractivity contribution is 5.92. The van der Waals surface area contributed by atoms with E-state index in [0.717, 1.165) is 25.1 Å². The van der Waals surface area contributed by atoms with Crippen molar-refractivity contribution >= 4 is 24.0 Å². The summed E-state index contributed by atoms with van der Waals surface area (Å²) in [5, 5.41) is 10.1. The van der Waals surface area contributed by atoms with Gasteiger partial charge in [0.2, 0.25) is 17.6 Å². The number of amides is 1. The zero-order chi connectivity index (χ0) is 16.9. The number of anilines is 1. The molecule has 136 valence electrons. The molecule has 2 atom stereocenters. The fraction of sp³-hybridized carbons (Fsp3) is 0.471. The smallest absolute Gasteiger partial charge is 0.227 e. The van der Waals surface area contributed by atoms with Crippen LogP contribution in [0.1, 0.15) is 31.5 Å². The Morgan fingerprint density at radius 1 is 1.40 bits per heavy atom. The van der Waals surface area contributed by atoms with Crippen LogP contribution in [0.15, 0.2) is 28.8 Å². The van der Waals surface area contributed by atoms with Gasteiger partial charge in [-0.1, -0.05) is 5.16 Å². The minimum atomic E-state index is 0. The van der Waals surface area contributed by atoms with Crippen molar-refractivity contribution in [2.24, 2.45) is 5.92 Å². The standard InChI is InChI=1S/C17H22N4O3.ClH/c1-11-9-13(7-8-18-11)17(22)20-14-3-5-15(6-4-14)23-10-16-19-12(2)24-21-16;/h3-6,11,13,18H,7-10H2,1-2H3,(H,20,22);1H/t11-,13-;/m0./s1. The third-order valence-electron chi connectivity index (χ3n) is 4.05. The fourth-order valence-corrected chi connectivity index (χ4v) is 2.80. The summed E-state index contributed by atoms with van der Waals surface area (Å²) in [5.41, 5.74) is 0.772. The van der Waals surface area contributed by atoms with Crippen molar-refractivity contribution < 1.29 is 14.1 Å². The van der Waals surface area contributed by atoms with Gasteiger partial charge in [-0.15, -0.1) is 12.4 Å². The second-order valence-electron chi connectivity index (χ2n) is 6.11. The number of benzene rings is 1. The van der Waals surface area contributed by atoms with Crippen molar-refractivity contribution in [2.45, 2.75) is 39.3 Å². The summed E-state index contributed by atoms with van der Waals surface area (Å²) in [6.07, 6.45) is 1.75. The van der Waals surface area contributed by atoms with Crippen LogP contribution in [0.5, 0.6) is 5.75 Å². The van der Waals surface area contributed by atoms with E-state index >= 15 is 0 Å². The van der Waals surface area contributed by atoms with Gasteiger partial charge in [0.15, 0.2) is 6.61 Å². The summed E-state index contributed by atoms with van der Waals surface area (Å²) in [5.74, 6) is 1.85. The number of rotatable bonds is 5. The number of aryl methyl sites for hydroxylation is 1. The van der Waals surface area contributed by atoms with E-state index in [0.29, 0.717) is 23.5 Å². The number of carbonyl (C=O) groups is 1. The van der Waals surface area contributed by atoms with E-state index in [4.69, 9.17) is 9.26 Å². The van der Waals surface area contributed by atoms with Crippen LogP contribution in [0, 0.1) is 12.8 Å². The van der Waals surface area contributed by atoms with Crippen LogP contribution in [0.3, 0.4) is 0 Å². The van der Waals surface area contributed by atoms with E-state index in [1.54, 1.807) is 6.92 Å². The molecule has 0 radical (unpaired) electrons. The SMILES string of the molecule is Cc1nc(COc2ccc(NC(=O)[C@H]3CCN[C@@H](C)C3)cc2)no1.Cl. The number of carbonyl (C=O) groups excluding carboxylic acids is 1. The molecule has 2 aromatic rings. The number of aromatic nitrogens is 2. The average molecular weight is 367 g/mol. The summed E-state index contributed by atoms with van der Waals surface area (Å²) in [6.45, 7) is 4.98. The second-order valence-corrected chi connectivity index (χ2v) is 6.11. The Balaban J connectivity index is 0.00000225. The van der Waals surface area contributed by atoms with Gasteiger partial charge in [-0.05, 0) is 50.6 Å². The molecule has 0 saturated carbocycles. The predicted octanol–water partition coefficient (Wildman–Crippen LogP) is 2.71. The van der Waals surface area contributed by atoms with Gasteiger partial charge in [0.05, 0.1) is 0 Å². The van der Waals surface area contributed by atoms with E-state index in [2.05, 4.69) is 27.7 Å². The maximum atomic E-state index is 12.3. The molecule has 1 aliphatic heterocycles. The maximum Gasteiger partial charge on any atom is 0.227 e. The molecule has 1 fully saturated rings. The zero-order valence-electron chi connectivity index (χ0n) is 14.3. The quantitative estimate of drug-likeness (QED) is 0.845. The monoisotopic (exact) mass is 366 g/mol. The lowest BCUT2D eigenvalue weighted by molar-refractivity contribution is -0.120. The molecule has 7 nitrogen and oxygen atoms in total. The normalized spacial score (nSPS) is 19.8. The minimum absolute atomic E-state index is 0. The van der Waals surface area contributed by atoms with Crippen LogP contribution in [0.4, 0.5) is 5.69 Å². The molecule has 0 spiro atoms. The Labute approximate surface area is 152 Å². The molecule has 0 unspecified atom stereocenters. The van der Waals surface area contributed by atoms with Gasteiger partial charge in [-0.25, -0.2) is 0 Å². The minimum Gasteiger partial charge on any atom is -0.485 e. The van der Waals surface area contributed by atoms with Crippen molar-refractivity contribution in [1.29, 1.82) is 0 Å². The number of nitrogens with one attached hydrogen (secondary N) is 2. The average Bonchev–Trinajstić information content (AvgIpc) is 3.00. The van der Waals surface area contributed by atoms with Crippen molar-refractivity contribution in [3.05, 3.63) is 36.0 Å². The first-order chi connectivity index (χ1) is 11.6. The van der Waals surface area contributed by atoms with Gasteiger partial charge >= 0.3 is 0 Å². The number of ether oxygens (including phenoxy) is 1. The van der Waals surface area contributed by atoms with Crippen LogP contribution in [-0.4, -0.2) is 28.6 Å². The summed E-state index contributed by atoms with van der Waals surface area (Å²) < 4.78 is 10.5. The first-order valence-electron chi connectivity index (χ1n) is 8.16. The molecule has 1 aromatic carbocycles. The first kappa shape index (κ1) is 19.2. The molecular formula is C17H23ClN4O3. The Morgan fingerprint density at radius 3 is 2.80 bits per heavy atom. The highest BCUT2D eigenvalue weighted by atomic mass is 35.5. The summed E-state index contributed by atoms with van der Waals surface area (Å²) in [4.78, 5) is 16.4. The van der Waals surface area contributed by atoms with Crippen LogP contribution in [0.2, 0.25) is 0 Å². The van der Waals surface area contributed by atoms with Crippen LogP contribution < -0.4 is 15.4 Å². The molecule has 1 amide bonds. The molecule has 8 heteroatoms. The second kappa shape index (κ2) is 8.82. The van der Waals surface area contributed by atoms with E-state index in [9.17, 15) is 4.79 Å². The van der Waals surface area contributed by atoms with E-state index in [1.165, 1.54) is 0 Å². The lowest BCUT2D eigenvalue weighted by Crippen LogP contribution is -2.40. The molecule has 1 saturated heterocycles. The molecule has 1 aliphatic rings. The van der Waals surface area contributed by atoms with E-state index in [1.807, 2.05) is 24.3 Å². The molecule has 0 aliphatic carbocycles. The summed E-state index contributed by atoms with van der Waals surface area (Å²) in [6, 6.07) is 7.68. The summed E-state index contributed by atoms with van der Waals surface area (Å²) >= 11 is 0. The Kier molecular flexibility index (Phi) is 6.78. The zero-order valence-corrected chi connectivity index (χ0v) is 15.1. The van der Waals surface area contributed by atoms with Gasteiger partial charge in [-0.2, -0.15) is 4.98 Å². The number of halogens is 1. The van der Waals surface area contributed by atoms with E-state index < -0.39 is 0 Å². The Morgan fingerprint density at radius 2 is 2.16 bits per heavy atom. The summed E-state index contributed by atoms with van der Waals surface area (Å²) in [7, 11) is 0. The van der Waals surface area contributed by atoms with Crippen LogP contribution >= 0.6 is 12.4 Å². The molecule has 25 heavy (non-hydrogen) atoms. The molecule has 3 rings (SSSR count). The van der Waals surface area contributed by atoms with Gasteiger partial charge < -0.3 is 19.9 Å². The van der Waals surface area contributed by atoms with Crippen molar-refractivity contribution in [3.63, 3.8) is 0 Å². The number of hydrogen-bond acceptors (Lipinski definition) is 6. The van der Waals surface area contributed by atoms with Gasteiger partial charge in [-0.3, -0.25) is 4.79 Å². The fourth-order valence-electron chi connectivity index (χ4n) is 2.80. The molecule has 2 N–H and O–H groups in total. The molecule has 0 bridgehead atoms. The largest absolute Gasteiger partial charge is 0.485 e. The van der Waals surface area contributed by atoms with Gasteiger partial charge in [0.25, 0.3) is 0 Å². The van der Waals surface area contributed by atoms with Crippen LogP contribution in [0.25, 0.3) is 0 Å².